The van der Waals surface area contributed by atoms with Crippen molar-refractivity contribution in [2.45, 2.75) is 20.0 Å². The third-order valence-corrected chi connectivity index (χ3v) is 4.20. The van der Waals surface area contributed by atoms with Crippen LogP contribution in [-0.4, -0.2) is 36.7 Å². The van der Waals surface area contributed by atoms with Gasteiger partial charge in [0.2, 0.25) is 0 Å². The van der Waals surface area contributed by atoms with Crippen LogP contribution in [0.15, 0.2) is 42.5 Å². The highest BCUT2D eigenvalue weighted by molar-refractivity contribution is 6.40. The number of aliphatic hydroxyl groups excluding tert-OH is 1. The summed E-state index contributed by atoms with van der Waals surface area (Å²) in [5, 5.41) is 14.6. The van der Waals surface area contributed by atoms with Gasteiger partial charge in [-0.2, -0.15) is 0 Å². The van der Waals surface area contributed by atoms with Crippen LogP contribution in [0.4, 0.5) is 5.69 Å². The number of carbonyl (C=O) groups is 2. The van der Waals surface area contributed by atoms with E-state index in [4.69, 9.17) is 21.4 Å². The summed E-state index contributed by atoms with van der Waals surface area (Å²) in [6, 6.07) is 12.7. The van der Waals surface area contributed by atoms with Crippen molar-refractivity contribution in [2.24, 2.45) is 0 Å². The normalized spacial score (nSPS) is 11.7. The Balaban J connectivity index is 1.98. The molecule has 0 spiro atoms. The highest BCUT2D eigenvalue weighted by Crippen LogP contribution is 2.20. The minimum absolute atomic E-state index is 0.101. The van der Waals surface area contributed by atoms with Crippen molar-refractivity contribution in [3.63, 3.8) is 0 Å². The predicted octanol–water partition coefficient (Wildman–Crippen LogP) is 2.76. The molecule has 2 rings (SSSR count). The number of anilines is 1. The maximum Gasteiger partial charge on any atom is 0.313 e. The molecule has 0 saturated heterocycles. The first-order valence-corrected chi connectivity index (χ1v) is 8.93. The number of rotatable bonds is 7. The fourth-order valence-corrected chi connectivity index (χ4v) is 2.59. The molecule has 0 aliphatic heterocycles. The Kier molecular flexibility index (Phi) is 7.79. The summed E-state index contributed by atoms with van der Waals surface area (Å²) < 4.78 is 5.59. The Morgan fingerprint density at radius 1 is 1.11 bits per heavy atom. The minimum atomic E-state index is -0.787. The predicted molar refractivity (Wildman–Crippen MR) is 105 cm³/mol. The first-order chi connectivity index (χ1) is 12.9. The second kappa shape index (κ2) is 10.1. The fraction of sp³-hybridized carbons (Fsp3) is 0.300. The van der Waals surface area contributed by atoms with Gasteiger partial charge in [-0.1, -0.05) is 47.5 Å². The molecule has 2 amide bonds. The Morgan fingerprint density at radius 3 is 2.48 bits per heavy atom. The van der Waals surface area contributed by atoms with Gasteiger partial charge in [-0.25, -0.2) is 0 Å². The van der Waals surface area contributed by atoms with Crippen LogP contribution >= 0.6 is 11.6 Å². The van der Waals surface area contributed by atoms with E-state index < -0.39 is 17.9 Å². The van der Waals surface area contributed by atoms with Gasteiger partial charge in [0.15, 0.2) is 0 Å². The Hall–Kier alpha value is -2.41. The summed E-state index contributed by atoms with van der Waals surface area (Å²) in [7, 11) is 0. The van der Waals surface area contributed by atoms with Crippen LogP contribution in [0.25, 0.3) is 0 Å². The van der Waals surface area contributed by atoms with Crippen molar-refractivity contribution < 1.29 is 19.4 Å². The molecule has 7 heteroatoms. The van der Waals surface area contributed by atoms with E-state index in [-0.39, 0.29) is 19.8 Å². The van der Waals surface area contributed by atoms with E-state index in [0.717, 1.165) is 16.7 Å². The summed E-state index contributed by atoms with van der Waals surface area (Å²) in [6.45, 7) is 3.87. The van der Waals surface area contributed by atoms with Gasteiger partial charge >= 0.3 is 11.8 Å². The molecule has 3 N–H and O–H groups in total. The molecule has 6 nitrogen and oxygen atoms in total. The van der Waals surface area contributed by atoms with Crippen molar-refractivity contribution in [3.8, 4) is 0 Å². The molecule has 0 saturated carbocycles. The van der Waals surface area contributed by atoms with Crippen LogP contribution in [0, 0.1) is 13.8 Å². The second-order valence-electron chi connectivity index (χ2n) is 6.12. The zero-order valence-corrected chi connectivity index (χ0v) is 16.0. The molecule has 0 aliphatic carbocycles. The summed E-state index contributed by atoms with van der Waals surface area (Å²) in [4.78, 5) is 24.3. The van der Waals surface area contributed by atoms with E-state index in [9.17, 15) is 9.59 Å². The topological polar surface area (TPSA) is 87.7 Å². The van der Waals surface area contributed by atoms with E-state index in [1.54, 1.807) is 25.1 Å². The Morgan fingerprint density at radius 2 is 1.81 bits per heavy atom. The van der Waals surface area contributed by atoms with Crippen molar-refractivity contribution >= 4 is 29.1 Å². The van der Waals surface area contributed by atoms with Crippen LogP contribution in [0.3, 0.4) is 0 Å². The van der Waals surface area contributed by atoms with E-state index >= 15 is 0 Å². The number of amides is 2. The third kappa shape index (κ3) is 6.36. The molecule has 0 heterocycles. The number of aliphatic hydroxyl groups is 1. The second-order valence-corrected chi connectivity index (χ2v) is 6.55. The number of carbonyl (C=O) groups excluding carboxylic acids is 2. The largest absolute Gasteiger partial charge is 0.394 e. The number of nitrogens with one attached hydrogen (secondary N) is 2. The maximum atomic E-state index is 12.1. The van der Waals surface area contributed by atoms with E-state index in [1.807, 2.05) is 31.2 Å². The zero-order valence-electron chi connectivity index (χ0n) is 15.3. The number of benzene rings is 2. The quantitative estimate of drug-likeness (QED) is 0.634. The van der Waals surface area contributed by atoms with Gasteiger partial charge in [-0.15, -0.1) is 0 Å². The standard InChI is InChI=1S/C20H23ClN2O4/c1-13-3-6-15(7-4-13)18(27-10-9-24)12-22-19(25)20(26)23-17-11-16(21)8-5-14(17)2/h3-8,11,18,24H,9-10,12H2,1-2H3,(H,22,25)(H,23,26). The highest BCUT2D eigenvalue weighted by Gasteiger charge is 2.18. The molecule has 144 valence electrons. The van der Waals surface area contributed by atoms with Crippen molar-refractivity contribution in [1.82, 2.24) is 5.32 Å². The van der Waals surface area contributed by atoms with Gasteiger partial charge in [0.1, 0.15) is 0 Å². The first-order valence-electron chi connectivity index (χ1n) is 8.55. The van der Waals surface area contributed by atoms with E-state index in [2.05, 4.69) is 10.6 Å². The van der Waals surface area contributed by atoms with Crippen molar-refractivity contribution in [3.05, 3.63) is 64.2 Å². The Bertz CT molecular complexity index is 793. The average molecular weight is 391 g/mol. The van der Waals surface area contributed by atoms with Crippen molar-refractivity contribution in [2.75, 3.05) is 25.1 Å². The molecular formula is C20H23ClN2O4. The van der Waals surface area contributed by atoms with Gasteiger partial charge in [0, 0.05) is 17.3 Å². The lowest BCUT2D eigenvalue weighted by molar-refractivity contribution is -0.136. The zero-order chi connectivity index (χ0) is 19.8. The van der Waals surface area contributed by atoms with Crippen LogP contribution in [0.2, 0.25) is 5.02 Å². The van der Waals surface area contributed by atoms with E-state index in [1.165, 1.54) is 0 Å². The lowest BCUT2D eigenvalue weighted by Crippen LogP contribution is -2.38. The van der Waals surface area contributed by atoms with Gasteiger partial charge in [0.05, 0.1) is 19.3 Å². The highest BCUT2D eigenvalue weighted by atomic mass is 35.5. The summed E-state index contributed by atoms with van der Waals surface area (Å²) >= 11 is 5.92. The SMILES string of the molecule is Cc1ccc(C(CNC(=O)C(=O)Nc2cc(Cl)ccc2C)OCCO)cc1. The van der Waals surface area contributed by atoms with Crippen molar-refractivity contribution in [1.29, 1.82) is 0 Å². The molecule has 1 unspecified atom stereocenters. The monoisotopic (exact) mass is 390 g/mol. The molecular weight excluding hydrogens is 368 g/mol. The maximum absolute atomic E-state index is 12.1. The molecule has 0 aromatic heterocycles. The molecule has 2 aromatic carbocycles. The summed E-state index contributed by atoms with van der Waals surface area (Å²) in [5.74, 6) is -1.57. The van der Waals surface area contributed by atoms with Gasteiger partial charge in [-0.3, -0.25) is 9.59 Å². The number of hydrogen-bond donors (Lipinski definition) is 3. The van der Waals surface area contributed by atoms with Crippen LogP contribution in [0.1, 0.15) is 22.8 Å². The molecule has 0 fully saturated rings. The van der Waals surface area contributed by atoms with Crippen LogP contribution in [-0.2, 0) is 14.3 Å². The van der Waals surface area contributed by atoms with Gasteiger partial charge in [-0.05, 0) is 37.1 Å². The minimum Gasteiger partial charge on any atom is -0.394 e. The average Bonchev–Trinajstić information content (AvgIpc) is 2.65. The number of ether oxygens (including phenoxy) is 1. The third-order valence-electron chi connectivity index (χ3n) is 3.96. The number of hydrogen-bond acceptors (Lipinski definition) is 4. The van der Waals surface area contributed by atoms with Crippen LogP contribution < -0.4 is 10.6 Å². The van der Waals surface area contributed by atoms with Gasteiger partial charge in [0.25, 0.3) is 0 Å². The summed E-state index contributed by atoms with van der Waals surface area (Å²) in [6.07, 6.45) is -0.470. The summed E-state index contributed by atoms with van der Waals surface area (Å²) in [5.41, 5.74) is 3.22. The lowest BCUT2D eigenvalue weighted by Gasteiger charge is -2.19. The first kappa shape index (κ1) is 20.9. The fourth-order valence-electron chi connectivity index (χ4n) is 2.42. The van der Waals surface area contributed by atoms with Crippen LogP contribution in [0.5, 0.6) is 0 Å². The lowest BCUT2D eigenvalue weighted by atomic mass is 10.1. The number of halogens is 1. The molecule has 0 radical (unpaired) electrons. The molecule has 0 aliphatic rings. The van der Waals surface area contributed by atoms with Gasteiger partial charge < -0.3 is 20.5 Å². The molecule has 0 bridgehead atoms. The molecule has 1 atom stereocenters. The smallest absolute Gasteiger partial charge is 0.313 e. The molecule has 2 aromatic rings. The Labute approximate surface area is 163 Å². The molecule has 27 heavy (non-hydrogen) atoms. The number of aryl methyl sites for hydroxylation is 2. The van der Waals surface area contributed by atoms with E-state index in [0.29, 0.717) is 10.7 Å².